The number of halogens is 4. The maximum atomic E-state index is 14.0. The van der Waals surface area contributed by atoms with Crippen molar-refractivity contribution in [1.29, 1.82) is 0 Å². The molecule has 0 saturated heterocycles. The van der Waals surface area contributed by atoms with E-state index in [9.17, 15) is 22.0 Å². The van der Waals surface area contributed by atoms with Crippen molar-refractivity contribution in [2.24, 2.45) is 0 Å². The number of ketones is 1. The predicted molar refractivity (Wildman–Crippen MR) is 137 cm³/mol. The van der Waals surface area contributed by atoms with E-state index in [-0.39, 0.29) is 27.3 Å². The van der Waals surface area contributed by atoms with Crippen molar-refractivity contribution < 1.29 is 22.0 Å². The zero-order chi connectivity index (χ0) is 26.0. The third-order valence-corrected chi connectivity index (χ3v) is 7.93. The van der Waals surface area contributed by atoms with E-state index in [1.807, 2.05) is 0 Å². The first-order chi connectivity index (χ1) is 17.0. The molecule has 0 atom stereocenters. The number of nitrogen functional groups attached to an aromatic ring is 1. The van der Waals surface area contributed by atoms with Gasteiger partial charge in [0, 0.05) is 22.3 Å². The van der Waals surface area contributed by atoms with Crippen LogP contribution in [-0.2, 0) is 16.6 Å². The van der Waals surface area contributed by atoms with Gasteiger partial charge in [-0.1, -0.05) is 40.6 Å². The summed E-state index contributed by atoms with van der Waals surface area (Å²) in [5, 5.41) is 3.87. The van der Waals surface area contributed by atoms with Crippen LogP contribution in [0, 0.1) is 11.6 Å². The van der Waals surface area contributed by atoms with Crippen molar-refractivity contribution in [3.05, 3.63) is 98.3 Å². The molecule has 4 aromatic rings. The normalized spacial score (nSPS) is 11.4. The van der Waals surface area contributed by atoms with E-state index in [1.54, 1.807) is 18.2 Å². The number of rotatable bonds is 8. The molecule has 0 radical (unpaired) electrons. The van der Waals surface area contributed by atoms with Crippen LogP contribution in [-0.4, -0.2) is 19.2 Å². The molecule has 0 saturated carbocycles. The molecule has 186 valence electrons. The number of aromatic nitrogens is 1. The summed E-state index contributed by atoms with van der Waals surface area (Å²) in [5.74, 6) is -3.14. The van der Waals surface area contributed by atoms with Crippen LogP contribution in [0.3, 0.4) is 0 Å². The lowest BCUT2D eigenvalue weighted by atomic mass is 10.1. The Labute approximate surface area is 218 Å². The molecule has 13 heteroatoms. The van der Waals surface area contributed by atoms with Crippen LogP contribution in [0.15, 0.2) is 65.6 Å². The van der Waals surface area contributed by atoms with Crippen LogP contribution < -0.4 is 15.8 Å². The monoisotopic (exact) mass is 568 g/mol. The topological polar surface area (TPSA) is 114 Å². The highest BCUT2D eigenvalue weighted by molar-refractivity contribution is 7.89. The number of nitrogens with two attached hydrogens (primary N) is 1. The molecule has 4 rings (SSSR count). The fourth-order valence-electron chi connectivity index (χ4n) is 3.15. The smallest absolute Gasteiger partial charge is 0.240 e. The number of hydrogen-bond acceptors (Lipinski definition) is 7. The molecule has 36 heavy (non-hydrogen) atoms. The molecule has 4 N–H and O–H groups in total. The van der Waals surface area contributed by atoms with E-state index in [4.69, 9.17) is 28.9 Å². The van der Waals surface area contributed by atoms with Crippen molar-refractivity contribution in [2.45, 2.75) is 11.4 Å². The largest absolute Gasteiger partial charge is 0.382 e. The molecule has 1 heterocycles. The summed E-state index contributed by atoms with van der Waals surface area (Å²) in [6.07, 6.45) is 0. The molecular weight excluding hydrogens is 553 g/mol. The Hall–Kier alpha value is -3.09. The number of nitrogens with zero attached hydrogens (tertiary/aromatic N) is 1. The summed E-state index contributed by atoms with van der Waals surface area (Å²) in [6.45, 7) is -0.0560. The number of sulfonamides is 1. The van der Waals surface area contributed by atoms with Crippen LogP contribution in [0.2, 0.25) is 10.0 Å². The quantitative estimate of drug-likeness (QED) is 0.233. The Morgan fingerprint density at radius 2 is 1.69 bits per heavy atom. The Balaban J connectivity index is 1.47. The minimum absolute atomic E-state index is 0.00394. The lowest BCUT2D eigenvalue weighted by Crippen LogP contribution is -2.23. The highest BCUT2D eigenvalue weighted by atomic mass is 35.5. The maximum Gasteiger partial charge on any atom is 0.240 e. The van der Waals surface area contributed by atoms with Crippen molar-refractivity contribution >= 4 is 67.0 Å². The molecule has 0 spiro atoms. The molecule has 0 fully saturated rings. The molecule has 0 bridgehead atoms. The third kappa shape index (κ3) is 5.66. The number of thiazole rings is 1. The van der Waals surface area contributed by atoms with Crippen LogP contribution in [0.25, 0.3) is 0 Å². The second-order valence-electron chi connectivity index (χ2n) is 7.37. The van der Waals surface area contributed by atoms with Gasteiger partial charge in [-0.25, -0.2) is 26.9 Å². The van der Waals surface area contributed by atoms with Gasteiger partial charge in [0.1, 0.15) is 22.3 Å². The van der Waals surface area contributed by atoms with E-state index < -0.39 is 33.0 Å². The van der Waals surface area contributed by atoms with Crippen LogP contribution in [0.4, 0.5) is 25.4 Å². The van der Waals surface area contributed by atoms with Gasteiger partial charge in [0.15, 0.2) is 5.13 Å². The van der Waals surface area contributed by atoms with Gasteiger partial charge in [-0.15, -0.1) is 0 Å². The van der Waals surface area contributed by atoms with E-state index in [1.165, 1.54) is 24.3 Å². The molecule has 1 aromatic heterocycles. The van der Waals surface area contributed by atoms with Crippen molar-refractivity contribution in [3.63, 3.8) is 0 Å². The standard InChI is InChI=1S/C23H16Cl2F2N4O3S2/c24-13-4-9-16(25)12(10-13)11-29-36(33,34)15-7-5-14(6-8-15)30-23-31-22(28)21(35-23)20(32)19-17(26)2-1-3-18(19)27/h1-10,29H,11,28H2,(H,30,31). The molecule has 0 aliphatic carbocycles. The second-order valence-corrected chi connectivity index (χ2v) is 11.0. The van der Waals surface area contributed by atoms with Gasteiger partial charge in [0.25, 0.3) is 0 Å². The average molecular weight is 569 g/mol. The molecule has 0 aliphatic rings. The highest BCUT2D eigenvalue weighted by Gasteiger charge is 2.24. The summed E-state index contributed by atoms with van der Waals surface area (Å²) >= 11 is 12.8. The summed E-state index contributed by atoms with van der Waals surface area (Å²) in [6, 6.07) is 13.5. The highest BCUT2D eigenvalue weighted by Crippen LogP contribution is 2.31. The lowest BCUT2D eigenvalue weighted by Gasteiger charge is -2.09. The summed E-state index contributed by atoms with van der Waals surface area (Å²) in [5.41, 5.74) is 6.05. The maximum absolute atomic E-state index is 14.0. The second kappa shape index (κ2) is 10.5. The van der Waals surface area contributed by atoms with Crippen molar-refractivity contribution in [1.82, 2.24) is 9.71 Å². The zero-order valence-corrected chi connectivity index (χ0v) is 21.2. The van der Waals surface area contributed by atoms with E-state index >= 15 is 0 Å². The van der Waals surface area contributed by atoms with Gasteiger partial charge in [-0.05, 0) is 60.2 Å². The van der Waals surface area contributed by atoms with E-state index in [0.717, 1.165) is 29.5 Å². The number of benzene rings is 3. The van der Waals surface area contributed by atoms with E-state index in [2.05, 4.69) is 15.0 Å². The number of carbonyl (C=O) groups excluding carboxylic acids is 1. The minimum atomic E-state index is -3.86. The number of hydrogen-bond donors (Lipinski definition) is 3. The molecule has 3 aromatic carbocycles. The summed E-state index contributed by atoms with van der Waals surface area (Å²) in [7, 11) is -3.86. The third-order valence-electron chi connectivity index (χ3n) is 4.93. The fraction of sp³-hybridized carbons (Fsp3) is 0.0435. The lowest BCUT2D eigenvalue weighted by molar-refractivity contribution is 0.103. The van der Waals surface area contributed by atoms with Gasteiger partial charge in [0.2, 0.25) is 15.8 Å². The molecule has 0 amide bonds. The first-order valence-corrected chi connectivity index (χ1v) is 13.2. The van der Waals surface area contributed by atoms with Gasteiger partial charge >= 0.3 is 0 Å². The molecular formula is C23H16Cl2F2N4O3S2. The van der Waals surface area contributed by atoms with Gasteiger partial charge in [0.05, 0.1) is 10.5 Å². The minimum Gasteiger partial charge on any atom is -0.382 e. The Bertz CT molecular complexity index is 1540. The first kappa shape index (κ1) is 26.0. The van der Waals surface area contributed by atoms with Gasteiger partial charge in [-0.2, -0.15) is 0 Å². The van der Waals surface area contributed by atoms with Gasteiger partial charge < -0.3 is 11.1 Å². The molecule has 0 unspecified atom stereocenters. The number of nitrogens with one attached hydrogen (secondary N) is 2. The number of carbonyl (C=O) groups is 1. The first-order valence-electron chi connectivity index (χ1n) is 10.1. The molecule has 0 aliphatic heterocycles. The summed E-state index contributed by atoms with van der Waals surface area (Å²) in [4.78, 5) is 16.5. The summed E-state index contributed by atoms with van der Waals surface area (Å²) < 4.78 is 55.8. The zero-order valence-electron chi connectivity index (χ0n) is 18.1. The Kier molecular flexibility index (Phi) is 7.57. The number of anilines is 3. The van der Waals surface area contributed by atoms with E-state index in [0.29, 0.717) is 21.3 Å². The van der Waals surface area contributed by atoms with Crippen LogP contribution in [0.1, 0.15) is 20.8 Å². The molecule has 7 nitrogen and oxygen atoms in total. The Morgan fingerprint density at radius 3 is 2.36 bits per heavy atom. The fourth-order valence-corrected chi connectivity index (χ4v) is 5.39. The Morgan fingerprint density at radius 1 is 1.03 bits per heavy atom. The van der Waals surface area contributed by atoms with Crippen molar-refractivity contribution in [3.8, 4) is 0 Å². The predicted octanol–water partition coefficient (Wildman–Crippen LogP) is 5.76. The van der Waals surface area contributed by atoms with Crippen LogP contribution in [0.5, 0.6) is 0 Å². The van der Waals surface area contributed by atoms with Gasteiger partial charge in [-0.3, -0.25) is 4.79 Å². The SMILES string of the molecule is Nc1nc(Nc2ccc(S(=O)(=O)NCc3cc(Cl)ccc3Cl)cc2)sc1C(=O)c1c(F)cccc1F. The van der Waals surface area contributed by atoms with Crippen molar-refractivity contribution in [2.75, 3.05) is 11.1 Å². The van der Waals surface area contributed by atoms with Crippen LogP contribution >= 0.6 is 34.5 Å². The average Bonchev–Trinajstić information content (AvgIpc) is 3.19.